The van der Waals surface area contributed by atoms with Crippen molar-refractivity contribution in [1.82, 2.24) is 10.2 Å². The molecule has 0 bridgehead atoms. The smallest absolute Gasteiger partial charge is 0.246 e. The van der Waals surface area contributed by atoms with Gasteiger partial charge in [0.05, 0.1) is 0 Å². The number of carbonyl (C=O) groups is 2. The summed E-state index contributed by atoms with van der Waals surface area (Å²) in [6, 6.07) is 6.91. The van der Waals surface area contributed by atoms with Crippen molar-refractivity contribution >= 4 is 23.4 Å². The largest absolute Gasteiger partial charge is 0.343 e. The summed E-state index contributed by atoms with van der Waals surface area (Å²) in [5.74, 6) is -0.0955. The number of hydrogen-bond donors (Lipinski definition) is 1. The van der Waals surface area contributed by atoms with Crippen molar-refractivity contribution in [2.24, 2.45) is 0 Å². The van der Waals surface area contributed by atoms with Crippen LogP contribution in [0.3, 0.4) is 0 Å². The molecular weight excluding hydrogens is 288 g/mol. The molecule has 21 heavy (non-hydrogen) atoms. The third-order valence-electron chi connectivity index (χ3n) is 4.35. The van der Waals surface area contributed by atoms with Crippen molar-refractivity contribution in [2.45, 2.75) is 51.7 Å². The molecule has 2 amide bonds. The second-order valence-corrected chi connectivity index (χ2v) is 5.92. The Morgan fingerprint density at radius 1 is 1.19 bits per heavy atom. The van der Waals surface area contributed by atoms with E-state index in [0.29, 0.717) is 24.4 Å². The highest BCUT2D eigenvalue weighted by molar-refractivity contribution is 6.30. The van der Waals surface area contributed by atoms with Gasteiger partial charge in [-0.25, -0.2) is 0 Å². The van der Waals surface area contributed by atoms with Gasteiger partial charge in [0.1, 0.15) is 11.6 Å². The summed E-state index contributed by atoms with van der Waals surface area (Å²) in [6.07, 6.45) is 1.20. The summed E-state index contributed by atoms with van der Waals surface area (Å²) in [6.45, 7) is 6.04. The maximum atomic E-state index is 12.6. The number of nitrogens with one attached hydrogen (secondary N) is 1. The molecule has 1 unspecified atom stereocenters. The SMILES string of the molecule is CCC1(CC)C(=O)NC(C)C(=O)N1Cc1ccc(Cl)cc1. The lowest BCUT2D eigenvalue weighted by Crippen LogP contribution is -2.69. The minimum Gasteiger partial charge on any atom is -0.343 e. The van der Waals surface area contributed by atoms with Crippen LogP contribution in [0.4, 0.5) is 0 Å². The van der Waals surface area contributed by atoms with Crippen LogP contribution >= 0.6 is 11.6 Å². The summed E-state index contributed by atoms with van der Waals surface area (Å²) >= 11 is 5.90. The lowest BCUT2D eigenvalue weighted by atomic mass is 9.85. The summed E-state index contributed by atoms with van der Waals surface area (Å²) in [5, 5.41) is 3.45. The van der Waals surface area contributed by atoms with Crippen molar-refractivity contribution in [2.75, 3.05) is 0 Å². The normalized spacial score (nSPS) is 21.3. The zero-order valence-electron chi connectivity index (χ0n) is 12.6. The Balaban J connectivity index is 2.36. The Bertz CT molecular complexity index is 538. The van der Waals surface area contributed by atoms with Crippen LogP contribution in [-0.2, 0) is 16.1 Å². The number of amides is 2. The Hall–Kier alpha value is -1.55. The van der Waals surface area contributed by atoms with Crippen LogP contribution in [0.25, 0.3) is 0 Å². The Kier molecular flexibility index (Phi) is 4.57. The van der Waals surface area contributed by atoms with E-state index in [1.807, 2.05) is 26.0 Å². The first kappa shape index (κ1) is 15.8. The van der Waals surface area contributed by atoms with E-state index in [0.717, 1.165) is 5.56 Å². The third-order valence-corrected chi connectivity index (χ3v) is 4.60. The van der Waals surface area contributed by atoms with Crippen LogP contribution in [0.15, 0.2) is 24.3 Å². The summed E-state index contributed by atoms with van der Waals surface area (Å²) in [7, 11) is 0. The lowest BCUT2D eigenvalue weighted by molar-refractivity contribution is -0.158. The van der Waals surface area contributed by atoms with E-state index in [2.05, 4.69) is 5.32 Å². The standard InChI is InChI=1S/C16H21ClN2O2/c1-4-16(5-2)15(21)18-11(3)14(20)19(16)10-12-6-8-13(17)9-7-12/h6-9,11H,4-5,10H2,1-3H3,(H,18,21). The predicted molar refractivity (Wildman–Crippen MR) is 82.9 cm³/mol. The molecule has 4 nitrogen and oxygen atoms in total. The van der Waals surface area contributed by atoms with Crippen molar-refractivity contribution in [3.63, 3.8) is 0 Å². The summed E-state index contributed by atoms with van der Waals surface area (Å²) in [5.41, 5.74) is 0.212. The fourth-order valence-corrected chi connectivity index (χ4v) is 3.04. The third kappa shape index (κ3) is 2.77. The second kappa shape index (κ2) is 6.06. The van der Waals surface area contributed by atoms with Crippen molar-refractivity contribution < 1.29 is 9.59 Å². The monoisotopic (exact) mass is 308 g/mol. The molecule has 0 spiro atoms. The summed E-state index contributed by atoms with van der Waals surface area (Å²) in [4.78, 5) is 26.7. The van der Waals surface area contributed by atoms with Crippen LogP contribution in [0.5, 0.6) is 0 Å². The molecule has 1 atom stereocenters. The number of piperazine rings is 1. The molecule has 5 heteroatoms. The first-order valence-electron chi connectivity index (χ1n) is 7.31. The minimum atomic E-state index is -0.761. The zero-order valence-corrected chi connectivity index (χ0v) is 13.4. The van der Waals surface area contributed by atoms with Gasteiger partial charge in [-0.15, -0.1) is 0 Å². The topological polar surface area (TPSA) is 49.4 Å². The molecule has 0 aromatic heterocycles. The van der Waals surface area contributed by atoms with Crippen molar-refractivity contribution in [3.8, 4) is 0 Å². The number of halogens is 1. The summed E-state index contributed by atoms with van der Waals surface area (Å²) < 4.78 is 0. The van der Waals surface area contributed by atoms with Crippen LogP contribution in [0.1, 0.15) is 39.2 Å². The van der Waals surface area contributed by atoms with Gasteiger partial charge < -0.3 is 10.2 Å². The van der Waals surface area contributed by atoms with E-state index < -0.39 is 11.6 Å². The van der Waals surface area contributed by atoms with Gasteiger partial charge in [-0.2, -0.15) is 0 Å². The molecule has 1 saturated heterocycles. The van der Waals surface area contributed by atoms with Gasteiger partial charge in [0.25, 0.3) is 0 Å². The fourth-order valence-electron chi connectivity index (χ4n) is 2.91. The maximum absolute atomic E-state index is 12.6. The maximum Gasteiger partial charge on any atom is 0.246 e. The van der Waals surface area contributed by atoms with Gasteiger partial charge >= 0.3 is 0 Å². The Morgan fingerprint density at radius 3 is 2.29 bits per heavy atom. The van der Waals surface area contributed by atoms with Crippen molar-refractivity contribution in [1.29, 1.82) is 0 Å². The first-order valence-corrected chi connectivity index (χ1v) is 7.69. The van der Waals surface area contributed by atoms with E-state index in [-0.39, 0.29) is 11.8 Å². The molecular formula is C16H21ClN2O2. The van der Waals surface area contributed by atoms with Crippen LogP contribution < -0.4 is 5.32 Å². The lowest BCUT2D eigenvalue weighted by Gasteiger charge is -2.47. The van der Waals surface area contributed by atoms with E-state index in [4.69, 9.17) is 11.6 Å². The minimum absolute atomic E-state index is 0.0340. The van der Waals surface area contributed by atoms with Gasteiger partial charge in [-0.05, 0) is 37.5 Å². The molecule has 1 fully saturated rings. The zero-order chi connectivity index (χ0) is 15.6. The van der Waals surface area contributed by atoms with Gasteiger partial charge in [0.2, 0.25) is 11.8 Å². The molecule has 1 aliphatic rings. The van der Waals surface area contributed by atoms with Crippen LogP contribution in [-0.4, -0.2) is 28.3 Å². The van der Waals surface area contributed by atoms with Gasteiger partial charge in [-0.1, -0.05) is 37.6 Å². The van der Waals surface area contributed by atoms with E-state index >= 15 is 0 Å². The molecule has 1 aromatic carbocycles. The van der Waals surface area contributed by atoms with Gasteiger partial charge in [0.15, 0.2) is 0 Å². The van der Waals surface area contributed by atoms with Crippen molar-refractivity contribution in [3.05, 3.63) is 34.9 Å². The predicted octanol–water partition coefficient (Wildman–Crippen LogP) is 2.75. The molecule has 0 saturated carbocycles. The highest BCUT2D eigenvalue weighted by Crippen LogP contribution is 2.30. The van der Waals surface area contributed by atoms with Crippen LogP contribution in [0.2, 0.25) is 5.02 Å². The number of hydrogen-bond acceptors (Lipinski definition) is 2. The average Bonchev–Trinajstić information content (AvgIpc) is 2.48. The fraction of sp³-hybridized carbons (Fsp3) is 0.500. The molecule has 2 rings (SSSR count). The van der Waals surface area contributed by atoms with E-state index in [9.17, 15) is 9.59 Å². The molecule has 114 valence electrons. The molecule has 1 heterocycles. The first-order chi connectivity index (χ1) is 9.94. The molecule has 1 aliphatic heterocycles. The molecule has 1 aromatic rings. The molecule has 0 radical (unpaired) electrons. The highest BCUT2D eigenvalue weighted by Gasteiger charge is 2.48. The Morgan fingerprint density at radius 2 is 1.76 bits per heavy atom. The quantitative estimate of drug-likeness (QED) is 0.930. The second-order valence-electron chi connectivity index (χ2n) is 5.48. The molecule has 1 N–H and O–H groups in total. The van der Waals surface area contributed by atoms with E-state index in [1.165, 1.54) is 0 Å². The number of rotatable bonds is 4. The van der Waals surface area contributed by atoms with Crippen LogP contribution in [0, 0.1) is 0 Å². The van der Waals surface area contributed by atoms with Gasteiger partial charge in [-0.3, -0.25) is 9.59 Å². The number of carbonyl (C=O) groups excluding carboxylic acids is 2. The average molecular weight is 309 g/mol. The van der Waals surface area contributed by atoms with E-state index in [1.54, 1.807) is 24.0 Å². The number of benzene rings is 1. The molecule has 0 aliphatic carbocycles. The highest BCUT2D eigenvalue weighted by atomic mass is 35.5. The van der Waals surface area contributed by atoms with Gasteiger partial charge in [0, 0.05) is 11.6 Å². The Labute approximate surface area is 130 Å². The number of nitrogens with zero attached hydrogens (tertiary/aromatic N) is 1.